The van der Waals surface area contributed by atoms with Crippen LogP contribution in [0.4, 0.5) is 0 Å². The van der Waals surface area contributed by atoms with Gasteiger partial charge in [0.05, 0.1) is 12.2 Å². The van der Waals surface area contributed by atoms with E-state index in [0.717, 1.165) is 31.6 Å². The minimum atomic E-state index is -0.181. The number of rotatable bonds is 3. The van der Waals surface area contributed by atoms with E-state index in [2.05, 4.69) is 15.6 Å². The van der Waals surface area contributed by atoms with Crippen LogP contribution in [0.25, 0.3) is 0 Å². The van der Waals surface area contributed by atoms with E-state index in [0.29, 0.717) is 5.89 Å². The number of amides is 1. The van der Waals surface area contributed by atoms with Gasteiger partial charge >= 0.3 is 0 Å². The number of hydrogen-bond donors (Lipinski definition) is 2. The highest BCUT2D eigenvalue weighted by Crippen LogP contribution is 2.13. The van der Waals surface area contributed by atoms with Crippen LogP contribution in [0.5, 0.6) is 0 Å². The molecule has 0 saturated carbocycles. The molecule has 2 heterocycles. The van der Waals surface area contributed by atoms with Crippen molar-refractivity contribution in [3.8, 4) is 0 Å². The van der Waals surface area contributed by atoms with Gasteiger partial charge in [-0.2, -0.15) is 0 Å². The summed E-state index contributed by atoms with van der Waals surface area (Å²) in [4.78, 5) is 16.1. The lowest BCUT2D eigenvalue weighted by Crippen LogP contribution is -2.47. The van der Waals surface area contributed by atoms with Gasteiger partial charge < -0.3 is 15.1 Å². The summed E-state index contributed by atoms with van der Waals surface area (Å²) in [5.41, 5.74) is 0. The summed E-state index contributed by atoms with van der Waals surface area (Å²) in [6.45, 7) is 4.64. The van der Waals surface area contributed by atoms with Crippen LogP contribution in [0.15, 0.2) is 10.6 Å². The summed E-state index contributed by atoms with van der Waals surface area (Å²) < 4.78 is 5.39. The summed E-state index contributed by atoms with van der Waals surface area (Å²) in [6, 6.07) is -0.248. The second-order valence-corrected chi connectivity index (χ2v) is 4.54. The Balaban J connectivity index is 1.89. The normalized spacial score (nSPS) is 22.1. The molecule has 2 unspecified atom stereocenters. The molecule has 17 heavy (non-hydrogen) atoms. The molecule has 1 fully saturated rings. The monoisotopic (exact) mass is 237 g/mol. The predicted octanol–water partition coefficient (Wildman–Crippen LogP) is 1.30. The molecular formula is C12H19N3O2. The van der Waals surface area contributed by atoms with Crippen molar-refractivity contribution in [1.82, 2.24) is 15.6 Å². The van der Waals surface area contributed by atoms with Gasteiger partial charge in [0.15, 0.2) is 0 Å². The number of oxazole rings is 1. The van der Waals surface area contributed by atoms with Gasteiger partial charge in [-0.1, -0.05) is 6.42 Å². The van der Waals surface area contributed by atoms with E-state index in [-0.39, 0.29) is 18.0 Å². The molecule has 0 bridgehead atoms. The van der Waals surface area contributed by atoms with Crippen molar-refractivity contribution < 1.29 is 9.21 Å². The first-order valence-corrected chi connectivity index (χ1v) is 6.13. The predicted molar refractivity (Wildman–Crippen MR) is 63.4 cm³/mol. The Labute approximate surface area is 101 Å². The largest absolute Gasteiger partial charge is 0.444 e. The Morgan fingerprint density at radius 3 is 3.06 bits per heavy atom. The smallest absolute Gasteiger partial charge is 0.237 e. The standard InChI is InChI=1S/C12H19N3O2/c1-8-7-14-12(17-8)9(2)15-11(16)10-5-3-4-6-13-10/h7,9-10,13H,3-6H2,1-2H3,(H,15,16). The Morgan fingerprint density at radius 1 is 1.65 bits per heavy atom. The van der Waals surface area contributed by atoms with E-state index < -0.39 is 0 Å². The zero-order valence-electron chi connectivity index (χ0n) is 10.3. The number of nitrogens with one attached hydrogen (secondary N) is 2. The van der Waals surface area contributed by atoms with E-state index in [9.17, 15) is 4.79 Å². The first-order chi connectivity index (χ1) is 8.16. The molecule has 0 radical (unpaired) electrons. The van der Waals surface area contributed by atoms with Crippen LogP contribution in [0, 0.1) is 6.92 Å². The van der Waals surface area contributed by atoms with Crippen LogP contribution < -0.4 is 10.6 Å². The maximum atomic E-state index is 11.9. The molecule has 1 aromatic rings. The lowest BCUT2D eigenvalue weighted by molar-refractivity contribution is -0.124. The van der Waals surface area contributed by atoms with E-state index in [1.54, 1.807) is 6.20 Å². The highest BCUT2D eigenvalue weighted by Gasteiger charge is 2.23. The second kappa shape index (κ2) is 5.31. The van der Waals surface area contributed by atoms with Gasteiger partial charge in [-0.3, -0.25) is 4.79 Å². The molecule has 1 aromatic heterocycles. The minimum absolute atomic E-state index is 0.0352. The van der Waals surface area contributed by atoms with E-state index in [1.807, 2.05) is 13.8 Å². The lowest BCUT2D eigenvalue weighted by atomic mass is 10.0. The summed E-state index contributed by atoms with van der Waals surface area (Å²) in [7, 11) is 0. The van der Waals surface area contributed by atoms with Crippen molar-refractivity contribution in [2.24, 2.45) is 0 Å². The minimum Gasteiger partial charge on any atom is -0.444 e. The number of aryl methyl sites for hydroxylation is 1. The quantitative estimate of drug-likeness (QED) is 0.831. The van der Waals surface area contributed by atoms with Gasteiger partial charge in [-0.25, -0.2) is 4.98 Å². The molecule has 1 amide bonds. The average Bonchev–Trinajstić information content (AvgIpc) is 2.77. The molecule has 1 aliphatic rings. The summed E-state index contributed by atoms with van der Waals surface area (Å²) in [5, 5.41) is 6.14. The number of piperidine rings is 1. The number of aromatic nitrogens is 1. The number of carbonyl (C=O) groups excluding carboxylic acids is 1. The van der Waals surface area contributed by atoms with E-state index in [4.69, 9.17) is 4.42 Å². The lowest BCUT2D eigenvalue weighted by Gasteiger charge is -2.23. The van der Waals surface area contributed by atoms with Crippen LogP contribution in [-0.4, -0.2) is 23.5 Å². The van der Waals surface area contributed by atoms with E-state index >= 15 is 0 Å². The third-order valence-corrected chi connectivity index (χ3v) is 3.00. The second-order valence-electron chi connectivity index (χ2n) is 4.54. The summed E-state index contributed by atoms with van der Waals surface area (Å²) >= 11 is 0. The van der Waals surface area contributed by atoms with Crippen molar-refractivity contribution in [2.75, 3.05) is 6.54 Å². The molecule has 2 N–H and O–H groups in total. The van der Waals surface area contributed by atoms with Gasteiger partial charge in [0.2, 0.25) is 11.8 Å². The summed E-state index contributed by atoms with van der Waals surface area (Å²) in [5.74, 6) is 1.36. The fourth-order valence-electron chi connectivity index (χ4n) is 2.02. The maximum Gasteiger partial charge on any atom is 0.237 e. The molecule has 2 rings (SSSR count). The molecule has 5 heteroatoms. The molecule has 94 valence electrons. The third kappa shape index (κ3) is 3.06. The molecule has 2 atom stereocenters. The summed E-state index contributed by atoms with van der Waals surface area (Å²) in [6.07, 6.45) is 4.83. The van der Waals surface area contributed by atoms with Gasteiger partial charge in [0.25, 0.3) is 0 Å². The van der Waals surface area contributed by atoms with Gasteiger partial charge in [-0.05, 0) is 33.2 Å². The van der Waals surface area contributed by atoms with Gasteiger partial charge in [0.1, 0.15) is 11.8 Å². The zero-order chi connectivity index (χ0) is 12.3. The first kappa shape index (κ1) is 12.1. The highest BCUT2D eigenvalue weighted by atomic mass is 16.4. The Kier molecular flexibility index (Phi) is 3.78. The van der Waals surface area contributed by atoms with Crippen LogP contribution >= 0.6 is 0 Å². The number of carbonyl (C=O) groups is 1. The van der Waals surface area contributed by atoms with Crippen molar-refractivity contribution in [3.05, 3.63) is 17.8 Å². The van der Waals surface area contributed by atoms with Crippen molar-refractivity contribution in [2.45, 2.75) is 45.2 Å². The van der Waals surface area contributed by atoms with Gasteiger partial charge in [0, 0.05) is 0 Å². The molecule has 1 saturated heterocycles. The van der Waals surface area contributed by atoms with E-state index in [1.165, 1.54) is 0 Å². The number of nitrogens with zero attached hydrogens (tertiary/aromatic N) is 1. The SMILES string of the molecule is Cc1cnc(C(C)NC(=O)C2CCCCN2)o1. The maximum absolute atomic E-state index is 11.9. The molecule has 1 aliphatic heterocycles. The van der Waals surface area contributed by atoms with Crippen molar-refractivity contribution >= 4 is 5.91 Å². The zero-order valence-corrected chi connectivity index (χ0v) is 10.3. The Hall–Kier alpha value is -1.36. The fourth-order valence-corrected chi connectivity index (χ4v) is 2.02. The Morgan fingerprint density at radius 2 is 2.47 bits per heavy atom. The Bertz CT molecular complexity index is 383. The third-order valence-electron chi connectivity index (χ3n) is 3.00. The van der Waals surface area contributed by atoms with Crippen LogP contribution in [-0.2, 0) is 4.79 Å². The van der Waals surface area contributed by atoms with Crippen molar-refractivity contribution in [3.63, 3.8) is 0 Å². The molecular weight excluding hydrogens is 218 g/mol. The molecule has 5 nitrogen and oxygen atoms in total. The fraction of sp³-hybridized carbons (Fsp3) is 0.667. The topological polar surface area (TPSA) is 67.2 Å². The molecule has 0 aromatic carbocycles. The van der Waals surface area contributed by atoms with Crippen LogP contribution in [0.2, 0.25) is 0 Å². The average molecular weight is 237 g/mol. The highest BCUT2D eigenvalue weighted by molar-refractivity contribution is 5.82. The van der Waals surface area contributed by atoms with Crippen LogP contribution in [0.1, 0.15) is 43.9 Å². The van der Waals surface area contributed by atoms with Crippen LogP contribution in [0.3, 0.4) is 0 Å². The van der Waals surface area contributed by atoms with Crippen molar-refractivity contribution in [1.29, 1.82) is 0 Å². The van der Waals surface area contributed by atoms with Gasteiger partial charge in [-0.15, -0.1) is 0 Å². The first-order valence-electron chi connectivity index (χ1n) is 6.13. The molecule has 0 aliphatic carbocycles. The number of hydrogen-bond acceptors (Lipinski definition) is 4. The molecule has 0 spiro atoms.